The van der Waals surface area contributed by atoms with Gasteiger partial charge in [-0.05, 0) is 42.9 Å². The lowest BCUT2D eigenvalue weighted by atomic mass is 10.1. The number of nitrogens with one attached hydrogen (secondary N) is 2. The molecule has 1 saturated heterocycles. The summed E-state index contributed by atoms with van der Waals surface area (Å²) < 4.78 is 23.4. The summed E-state index contributed by atoms with van der Waals surface area (Å²) in [6.45, 7) is 2.89. The van der Waals surface area contributed by atoms with Crippen molar-refractivity contribution in [2.45, 2.75) is 19.8 Å². The average molecular weight is 479 g/mol. The maximum Gasteiger partial charge on any atom is 0.261 e. The number of benzene rings is 1. The molecule has 2 aromatic heterocycles. The second kappa shape index (κ2) is 9.10. The molecule has 1 aromatic carbocycles. The van der Waals surface area contributed by atoms with Crippen LogP contribution < -0.4 is 10.6 Å². The Morgan fingerprint density at radius 1 is 1.29 bits per heavy atom. The summed E-state index contributed by atoms with van der Waals surface area (Å²) in [6, 6.07) is 7.59. The SMILES string of the molecule is Cc1c(C(=O)NCCc2ccccc2Cl)sc2ncnc(NC[C@H]3CCS(=O)(=O)C3)c12. The van der Waals surface area contributed by atoms with Gasteiger partial charge in [0.25, 0.3) is 5.91 Å². The zero-order valence-electron chi connectivity index (χ0n) is 17.0. The monoisotopic (exact) mass is 478 g/mol. The van der Waals surface area contributed by atoms with E-state index in [0.29, 0.717) is 41.6 Å². The second-order valence-electron chi connectivity index (χ2n) is 7.71. The average Bonchev–Trinajstić information content (AvgIpc) is 3.27. The Bertz CT molecular complexity index is 1230. The molecular weight excluding hydrogens is 456 g/mol. The van der Waals surface area contributed by atoms with Crippen molar-refractivity contribution in [3.63, 3.8) is 0 Å². The van der Waals surface area contributed by atoms with Gasteiger partial charge in [-0.1, -0.05) is 29.8 Å². The number of hydrogen-bond donors (Lipinski definition) is 2. The number of fused-ring (bicyclic) bond motifs is 1. The number of carbonyl (C=O) groups is 1. The number of aromatic nitrogens is 2. The molecule has 1 fully saturated rings. The van der Waals surface area contributed by atoms with E-state index in [1.807, 2.05) is 31.2 Å². The molecule has 0 saturated carbocycles. The quantitative estimate of drug-likeness (QED) is 0.539. The highest BCUT2D eigenvalue weighted by atomic mass is 35.5. The largest absolute Gasteiger partial charge is 0.369 e. The Hall–Kier alpha value is -2.23. The number of sulfone groups is 1. The summed E-state index contributed by atoms with van der Waals surface area (Å²) in [4.78, 5) is 22.8. The molecule has 0 aliphatic carbocycles. The third-order valence-electron chi connectivity index (χ3n) is 5.46. The Morgan fingerprint density at radius 3 is 2.84 bits per heavy atom. The van der Waals surface area contributed by atoms with Gasteiger partial charge in [-0.3, -0.25) is 4.79 Å². The van der Waals surface area contributed by atoms with Crippen LogP contribution in [0.3, 0.4) is 0 Å². The molecule has 1 amide bonds. The molecule has 7 nitrogen and oxygen atoms in total. The summed E-state index contributed by atoms with van der Waals surface area (Å²) in [5, 5.41) is 7.74. The van der Waals surface area contributed by atoms with Crippen molar-refractivity contribution in [2.24, 2.45) is 5.92 Å². The maximum atomic E-state index is 12.8. The molecule has 3 aromatic rings. The molecule has 4 rings (SSSR count). The Kier molecular flexibility index (Phi) is 6.45. The van der Waals surface area contributed by atoms with Gasteiger partial charge in [0.2, 0.25) is 0 Å². The molecular formula is C21H23ClN4O3S2. The first kappa shape index (κ1) is 22.0. The van der Waals surface area contributed by atoms with Gasteiger partial charge in [-0.2, -0.15) is 0 Å². The molecule has 0 bridgehead atoms. The van der Waals surface area contributed by atoms with Gasteiger partial charge in [0.1, 0.15) is 17.0 Å². The lowest BCUT2D eigenvalue weighted by molar-refractivity contribution is 0.0957. The fourth-order valence-corrected chi connectivity index (χ4v) is 6.95. The van der Waals surface area contributed by atoms with Crippen LogP contribution in [0.1, 0.15) is 27.2 Å². The minimum atomic E-state index is -2.92. The van der Waals surface area contributed by atoms with E-state index < -0.39 is 9.84 Å². The summed E-state index contributed by atoms with van der Waals surface area (Å²) in [5.74, 6) is 1.00. The van der Waals surface area contributed by atoms with Crippen molar-refractivity contribution in [1.82, 2.24) is 15.3 Å². The van der Waals surface area contributed by atoms with Crippen LogP contribution in [-0.4, -0.2) is 48.9 Å². The zero-order chi connectivity index (χ0) is 22.0. The highest BCUT2D eigenvalue weighted by Crippen LogP contribution is 2.33. The van der Waals surface area contributed by atoms with Crippen LogP contribution in [0.5, 0.6) is 0 Å². The standard InChI is InChI=1S/C21H23ClN4O3S2/c1-13-17-19(24-10-14-7-9-31(28,29)11-14)25-12-26-21(17)30-18(13)20(27)23-8-6-15-4-2-3-5-16(15)22/h2-5,12,14H,6-11H2,1H3,(H,23,27)(H,24,25,26)/t14-/m1/s1. The lowest BCUT2D eigenvalue weighted by Crippen LogP contribution is -2.25. The molecule has 1 aliphatic rings. The molecule has 0 unspecified atom stereocenters. The third-order valence-corrected chi connectivity index (χ3v) is 8.86. The predicted molar refractivity (Wildman–Crippen MR) is 125 cm³/mol. The Morgan fingerprint density at radius 2 is 2.10 bits per heavy atom. The predicted octanol–water partition coefficient (Wildman–Crippen LogP) is 3.47. The third kappa shape index (κ3) is 4.99. The van der Waals surface area contributed by atoms with Crippen molar-refractivity contribution in [3.8, 4) is 0 Å². The van der Waals surface area contributed by atoms with Crippen molar-refractivity contribution >= 4 is 54.7 Å². The molecule has 31 heavy (non-hydrogen) atoms. The second-order valence-corrected chi connectivity index (χ2v) is 11.3. The minimum absolute atomic E-state index is 0.0709. The van der Waals surface area contributed by atoms with Crippen LogP contribution in [-0.2, 0) is 16.3 Å². The number of rotatable bonds is 7. The van der Waals surface area contributed by atoms with Crippen molar-refractivity contribution in [2.75, 3.05) is 29.9 Å². The number of anilines is 1. The Labute approximate surface area is 190 Å². The molecule has 2 N–H and O–H groups in total. The summed E-state index contributed by atoms with van der Waals surface area (Å²) in [6.07, 6.45) is 2.77. The van der Waals surface area contributed by atoms with Gasteiger partial charge in [0, 0.05) is 18.1 Å². The fourth-order valence-electron chi connectivity index (χ4n) is 3.79. The molecule has 0 spiro atoms. The maximum absolute atomic E-state index is 12.8. The number of thiophene rings is 1. The van der Waals surface area contributed by atoms with Gasteiger partial charge in [-0.25, -0.2) is 18.4 Å². The van der Waals surface area contributed by atoms with E-state index in [1.54, 1.807) is 0 Å². The number of hydrogen-bond acceptors (Lipinski definition) is 7. The molecule has 1 aliphatic heterocycles. The Balaban J connectivity index is 1.45. The van der Waals surface area contributed by atoms with Gasteiger partial charge in [0.15, 0.2) is 9.84 Å². The number of carbonyl (C=O) groups excluding carboxylic acids is 1. The van der Waals surface area contributed by atoms with Gasteiger partial charge < -0.3 is 10.6 Å². The van der Waals surface area contributed by atoms with E-state index in [2.05, 4.69) is 20.6 Å². The lowest BCUT2D eigenvalue weighted by Gasteiger charge is -2.11. The van der Waals surface area contributed by atoms with Crippen LogP contribution in [0.4, 0.5) is 5.82 Å². The number of amides is 1. The highest BCUT2D eigenvalue weighted by Gasteiger charge is 2.28. The first-order chi connectivity index (χ1) is 14.8. The van der Waals surface area contributed by atoms with Crippen molar-refractivity contribution in [1.29, 1.82) is 0 Å². The van der Waals surface area contributed by atoms with Gasteiger partial charge in [-0.15, -0.1) is 11.3 Å². The van der Waals surface area contributed by atoms with E-state index in [-0.39, 0.29) is 23.3 Å². The summed E-state index contributed by atoms with van der Waals surface area (Å²) in [7, 11) is -2.92. The topological polar surface area (TPSA) is 101 Å². The first-order valence-corrected chi connectivity index (χ1v) is 13.1. The number of nitrogens with zero attached hydrogens (tertiary/aromatic N) is 2. The van der Waals surface area contributed by atoms with Gasteiger partial charge in [0.05, 0.1) is 21.8 Å². The molecule has 164 valence electrons. The number of halogens is 1. The van der Waals surface area contributed by atoms with Crippen molar-refractivity contribution < 1.29 is 13.2 Å². The van der Waals surface area contributed by atoms with E-state index in [0.717, 1.165) is 21.3 Å². The number of aryl methyl sites for hydroxylation is 1. The van der Waals surface area contributed by atoms with Crippen LogP contribution in [0, 0.1) is 12.8 Å². The molecule has 0 radical (unpaired) electrons. The van der Waals surface area contributed by atoms with Crippen LogP contribution >= 0.6 is 22.9 Å². The van der Waals surface area contributed by atoms with Crippen LogP contribution in [0.15, 0.2) is 30.6 Å². The molecule has 3 heterocycles. The minimum Gasteiger partial charge on any atom is -0.369 e. The van der Waals surface area contributed by atoms with E-state index in [1.165, 1.54) is 17.7 Å². The molecule has 1 atom stereocenters. The van der Waals surface area contributed by atoms with Crippen LogP contribution in [0.25, 0.3) is 10.2 Å². The normalized spacial score (nSPS) is 17.7. The van der Waals surface area contributed by atoms with E-state index >= 15 is 0 Å². The van der Waals surface area contributed by atoms with E-state index in [4.69, 9.17) is 11.6 Å². The smallest absolute Gasteiger partial charge is 0.261 e. The van der Waals surface area contributed by atoms with Crippen LogP contribution in [0.2, 0.25) is 5.02 Å². The van der Waals surface area contributed by atoms with Crippen molar-refractivity contribution in [3.05, 3.63) is 51.6 Å². The fraction of sp³-hybridized carbons (Fsp3) is 0.381. The zero-order valence-corrected chi connectivity index (χ0v) is 19.4. The molecule has 10 heteroatoms. The summed E-state index contributed by atoms with van der Waals surface area (Å²) in [5.41, 5.74) is 1.81. The van der Waals surface area contributed by atoms with E-state index in [9.17, 15) is 13.2 Å². The summed E-state index contributed by atoms with van der Waals surface area (Å²) >= 11 is 7.51. The first-order valence-electron chi connectivity index (χ1n) is 10.0. The highest BCUT2D eigenvalue weighted by molar-refractivity contribution is 7.91. The van der Waals surface area contributed by atoms with Gasteiger partial charge >= 0.3 is 0 Å².